The first-order valence-electron chi connectivity index (χ1n) is 8.30. The number of nitrogens with one attached hydrogen (secondary N) is 1. The third-order valence-corrected chi connectivity index (χ3v) is 4.34. The predicted molar refractivity (Wildman–Crippen MR) is 92.2 cm³/mol. The van der Waals surface area contributed by atoms with Crippen LogP contribution < -0.4 is 14.9 Å². The molecule has 0 bridgehead atoms. The first kappa shape index (κ1) is 16.1. The fraction of sp³-hybridized carbons (Fsp3) is 0.211. The second kappa shape index (κ2) is 6.51. The van der Waals surface area contributed by atoms with Gasteiger partial charge in [0, 0.05) is 30.5 Å². The fourth-order valence-corrected chi connectivity index (χ4v) is 3.06. The van der Waals surface area contributed by atoms with E-state index in [9.17, 15) is 9.59 Å². The Hall–Kier alpha value is -3.35. The van der Waals surface area contributed by atoms with Crippen LogP contribution in [-0.2, 0) is 4.79 Å². The van der Waals surface area contributed by atoms with Crippen molar-refractivity contribution >= 4 is 23.3 Å². The van der Waals surface area contributed by atoms with Crippen LogP contribution >= 0.6 is 0 Å². The van der Waals surface area contributed by atoms with Gasteiger partial charge in [0.15, 0.2) is 11.5 Å². The molecule has 0 radical (unpaired) electrons. The lowest BCUT2D eigenvalue weighted by Gasteiger charge is -2.19. The number of rotatable bonds is 3. The minimum Gasteiger partial charge on any atom is -0.486 e. The largest absolute Gasteiger partial charge is 0.486 e. The maximum Gasteiger partial charge on any atom is 0.335 e. The number of nitrogens with zero attached hydrogens (tertiary/aromatic N) is 1. The molecule has 0 fully saturated rings. The molecule has 2 aromatic rings. The molecule has 132 valence electrons. The number of hydrogen-bond donors (Lipinski definition) is 2. The Labute approximate surface area is 149 Å². The van der Waals surface area contributed by atoms with E-state index in [2.05, 4.69) is 5.43 Å². The fourth-order valence-electron chi connectivity index (χ4n) is 3.06. The Morgan fingerprint density at radius 3 is 2.46 bits per heavy atom. The van der Waals surface area contributed by atoms with Gasteiger partial charge < -0.3 is 14.6 Å². The van der Waals surface area contributed by atoms with Gasteiger partial charge in [-0.05, 0) is 30.3 Å². The minimum absolute atomic E-state index is 0.0893. The van der Waals surface area contributed by atoms with Crippen LogP contribution in [0.2, 0.25) is 0 Å². The molecule has 0 atom stereocenters. The minimum atomic E-state index is -0.990. The highest BCUT2D eigenvalue weighted by Crippen LogP contribution is 2.32. The van der Waals surface area contributed by atoms with Crippen LogP contribution in [0.5, 0.6) is 11.5 Å². The number of carboxylic acid groups (broad SMARTS) is 1. The highest BCUT2D eigenvalue weighted by atomic mass is 16.6. The van der Waals surface area contributed by atoms with Gasteiger partial charge in [-0.15, -0.1) is 5.43 Å². The van der Waals surface area contributed by atoms with Crippen molar-refractivity contribution in [2.75, 3.05) is 13.2 Å². The average Bonchev–Trinajstić information content (AvgIpc) is 2.67. The summed E-state index contributed by atoms with van der Waals surface area (Å²) in [6, 6.07) is 12.1. The summed E-state index contributed by atoms with van der Waals surface area (Å²) in [6.45, 7) is 1.03. The van der Waals surface area contributed by atoms with Crippen LogP contribution in [0.15, 0.2) is 42.5 Å². The van der Waals surface area contributed by atoms with E-state index in [4.69, 9.17) is 14.6 Å². The molecular weight excluding hydrogens is 336 g/mol. The highest BCUT2D eigenvalue weighted by Gasteiger charge is 2.29. The molecule has 2 N–H and O–H groups in total. The Balaban J connectivity index is 1.78. The van der Waals surface area contributed by atoms with Crippen molar-refractivity contribution < 1.29 is 28.9 Å². The molecule has 0 aliphatic carbocycles. The topological polar surface area (TPSA) is 87.9 Å². The van der Waals surface area contributed by atoms with Gasteiger partial charge in [0.25, 0.3) is 5.91 Å². The third kappa shape index (κ3) is 2.99. The maximum atomic E-state index is 11.9. The molecule has 0 aromatic heterocycles. The van der Waals surface area contributed by atoms with Gasteiger partial charge in [0.1, 0.15) is 13.2 Å². The SMILES string of the molecule is O=C1CCC(c2ccc3c(c2)OCCO3)=[N+](c2ccc(C(=O)O)cc2)N1. The van der Waals surface area contributed by atoms with Gasteiger partial charge >= 0.3 is 5.97 Å². The Bertz CT molecular complexity index is 918. The first-order chi connectivity index (χ1) is 12.6. The van der Waals surface area contributed by atoms with E-state index in [0.717, 1.165) is 11.3 Å². The first-order valence-corrected chi connectivity index (χ1v) is 8.30. The van der Waals surface area contributed by atoms with Crippen molar-refractivity contribution in [3.8, 4) is 11.5 Å². The average molecular weight is 353 g/mol. The zero-order valence-corrected chi connectivity index (χ0v) is 13.9. The van der Waals surface area contributed by atoms with E-state index in [1.165, 1.54) is 12.1 Å². The number of carbonyl (C=O) groups excluding carboxylic acids is 1. The van der Waals surface area contributed by atoms with Crippen LogP contribution in [0.4, 0.5) is 5.69 Å². The standard InChI is InChI=1S/C19H16N2O5/c22-18-8-6-15(13-3-7-16-17(11-13)26-10-9-25-16)21(20-18)14-4-1-12(2-5-14)19(23)24/h1-5,7,11H,6,8-10H2,(H-,20,22,23,24)/p+1. The molecule has 2 aromatic carbocycles. The summed E-state index contributed by atoms with van der Waals surface area (Å²) in [4.78, 5) is 23.0. The van der Waals surface area contributed by atoms with E-state index in [-0.39, 0.29) is 11.5 Å². The summed E-state index contributed by atoms with van der Waals surface area (Å²) < 4.78 is 12.9. The second-order valence-electron chi connectivity index (χ2n) is 6.03. The third-order valence-electron chi connectivity index (χ3n) is 4.34. The van der Waals surface area contributed by atoms with E-state index in [1.54, 1.807) is 16.8 Å². The second-order valence-corrected chi connectivity index (χ2v) is 6.03. The van der Waals surface area contributed by atoms with Crippen molar-refractivity contribution in [3.05, 3.63) is 53.6 Å². The molecular formula is C19H17N2O5+. The van der Waals surface area contributed by atoms with Gasteiger partial charge in [0.05, 0.1) is 5.56 Å². The van der Waals surface area contributed by atoms with Crippen LogP contribution in [0.1, 0.15) is 28.8 Å². The molecule has 0 saturated heterocycles. The molecule has 2 aliphatic rings. The number of carboxylic acids is 1. The molecule has 7 nitrogen and oxygen atoms in total. The van der Waals surface area contributed by atoms with Crippen molar-refractivity contribution in [2.45, 2.75) is 12.8 Å². The van der Waals surface area contributed by atoms with Crippen LogP contribution in [0, 0.1) is 0 Å². The predicted octanol–water partition coefficient (Wildman–Crippen LogP) is 2.11. The number of ether oxygens (including phenoxy) is 2. The smallest absolute Gasteiger partial charge is 0.335 e. The van der Waals surface area contributed by atoms with Crippen LogP contribution in [0.3, 0.4) is 0 Å². The number of hydrazine groups is 1. The molecule has 1 amide bonds. The highest BCUT2D eigenvalue weighted by molar-refractivity contribution is 6.01. The van der Waals surface area contributed by atoms with Crippen molar-refractivity contribution in [1.29, 1.82) is 0 Å². The van der Waals surface area contributed by atoms with E-state index in [0.29, 0.717) is 43.2 Å². The summed E-state index contributed by atoms with van der Waals surface area (Å²) in [6.07, 6.45) is 0.944. The lowest BCUT2D eigenvalue weighted by molar-refractivity contribution is -0.496. The van der Waals surface area contributed by atoms with Crippen molar-refractivity contribution in [1.82, 2.24) is 5.43 Å². The Morgan fingerprint density at radius 1 is 1.00 bits per heavy atom. The molecule has 7 heteroatoms. The molecule has 0 saturated carbocycles. The number of aromatic carboxylic acids is 1. The van der Waals surface area contributed by atoms with E-state index in [1.807, 2.05) is 18.2 Å². The summed E-state index contributed by atoms with van der Waals surface area (Å²) >= 11 is 0. The van der Waals surface area contributed by atoms with Crippen molar-refractivity contribution in [2.24, 2.45) is 0 Å². The lowest BCUT2D eigenvalue weighted by atomic mass is 10.0. The van der Waals surface area contributed by atoms with Gasteiger partial charge in [-0.3, -0.25) is 4.79 Å². The normalized spacial score (nSPS) is 16.2. The lowest BCUT2D eigenvalue weighted by Crippen LogP contribution is -2.40. The van der Waals surface area contributed by atoms with Crippen LogP contribution in [0.25, 0.3) is 0 Å². The molecule has 26 heavy (non-hydrogen) atoms. The number of benzene rings is 2. The number of fused-ring (bicyclic) bond motifs is 1. The molecule has 0 unspecified atom stereocenters. The summed E-state index contributed by atoms with van der Waals surface area (Å²) in [7, 11) is 0. The Kier molecular flexibility index (Phi) is 4.04. The van der Waals surface area contributed by atoms with E-state index < -0.39 is 5.97 Å². The molecule has 4 rings (SSSR count). The quantitative estimate of drug-likeness (QED) is 0.825. The number of hydrazone groups is 1. The number of hydrogen-bond acceptors (Lipinski definition) is 4. The van der Waals surface area contributed by atoms with Gasteiger partial charge in [-0.2, -0.15) is 0 Å². The van der Waals surface area contributed by atoms with Gasteiger partial charge in [-0.25, -0.2) is 4.79 Å². The van der Waals surface area contributed by atoms with Gasteiger partial charge in [0.2, 0.25) is 11.4 Å². The zero-order chi connectivity index (χ0) is 18.1. The molecule has 2 heterocycles. The maximum absolute atomic E-state index is 11.9. The molecule has 2 aliphatic heterocycles. The van der Waals surface area contributed by atoms with E-state index >= 15 is 0 Å². The number of amides is 1. The molecule has 0 spiro atoms. The number of carbonyl (C=O) groups is 2. The van der Waals surface area contributed by atoms with Gasteiger partial charge in [-0.1, -0.05) is 4.68 Å². The van der Waals surface area contributed by atoms with Crippen molar-refractivity contribution in [3.63, 3.8) is 0 Å². The summed E-state index contributed by atoms with van der Waals surface area (Å²) in [5, 5.41) is 9.06. The monoisotopic (exact) mass is 353 g/mol. The summed E-state index contributed by atoms with van der Waals surface area (Å²) in [5.41, 5.74) is 5.55. The van der Waals surface area contributed by atoms with Crippen LogP contribution in [-0.4, -0.2) is 40.6 Å². The zero-order valence-electron chi connectivity index (χ0n) is 13.9. The Morgan fingerprint density at radius 2 is 1.73 bits per heavy atom. The summed E-state index contributed by atoms with van der Waals surface area (Å²) in [5.74, 6) is 0.306.